The van der Waals surface area contributed by atoms with E-state index in [9.17, 15) is 10.1 Å². The average molecular weight is 376 g/mol. The number of rotatable bonds is 7. The van der Waals surface area contributed by atoms with E-state index in [2.05, 4.69) is 40.8 Å². The first-order valence-corrected chi connectivity index (χ1v) is 10.2. The summed E-state index contributed by atoms with van der Waals surface area (Å²) in [6, 6.07) is 8.37. The maximum atomic E-state index is 12.1. The van der Waals surface area contributed by atoms with Crippen LogP contribution < -0.4 is 5.32 Å². The molecule has 0 bridgehead atoms. The van der Waals surface area contributed by atoms with Gasteiger partial charge in [-0.1, -0.05) is 32.1 Å². The third-order valence-corrected chi connectivity index (χ3v) is 5.46. The molecule has 1 aromatic heterocycles. The fourth-order valence-corrected chi connectivity index (χ4v) is 3.93. The number of nitrogens with one attached hydrogen (secondary N) is 1. The van der Waals surface area contributed by atoms with E-state index in [0.717, 1.165) is 44.0 Å². The molecule has 1 aliphatic rings. The van der Waals surface area contributed by atoms with E-state index in [1.807, 2.05) is 32.1 Å². The fourth-order valence-electron chi connectivity index (χ4n) is 3.93. The lowest BCUT2D eigenvalue weighted by molar-refractivity contribution is -0.124. The SMILES string of the molecule is C=CCC/C=C/Cn1c2c(c3cc(C#N)ccc31)CC(NC(=O)C(C)C)CC2. The molecule has 4 heteroatoms. The smallest absolute Gasteiger partial charge is 0.222 e. The van der Waals surface area contributed by atoms with E-state index >= 15 is 0 Å². The molecule has 1 aliphatic carbocycles. The van der Waals surface area contributed by atoms with Crippen molar-refractivity contribution in [2.75, 3.05) is 0 Å². The molecular weight excluding hydrogens is 346 g/mol. The van der Waals surface area contributed by atoms with Gasteiger partial charge in [0.1, 0.15) is 0 Å². The highest BCUT2D eigenvalue weighted by Crippen LogP contribution is 2.33. The lowest BCUT2D eigenvalue weighted by atomic mass is 9.90. The summed E-state index contributed by atoms with van der Waals surface area (Å²) in [6.07, 6.45) is 11.1. The lowest BCUT2D eigenvalue weighted by Gasteiger charge is -2.25. The van der Waals surface area contributed by atoms with Crippen molar-refractivity contribution in [3.8, 4) is 6.07 Å². The number of carbonyl (C=O) groups is 1. The Kier molecular flexibility index (Phi) is 6.36. The van der Waals surface area contributed by atoms with Crippen molar-refractivity contribution in [1.82, 2.24) is 9.88 Å². The van der Waals surface area contributed by atoms with Crippen molar-refractivity contribution in [2.45, 2.75) is 58.5 Å². The first-order valence-electron chi connectivity index (χ1n) is 10.2. The van der Waals surface area contributed by atoms with E-state index < -0.39 is 0 Å². The van der Waals surface area contributed by atoms with Gasteiger partial charge in [-0.15, -0.1) is 6.58 Å². The van der Waals surface area contributed by atoms with Crippen LogP contribution >= 0.6 is 0 Å². The minimum absolute atomic E-state index is 0.00589. The summed E-state index contributed by atoms with van der Waals surface area (Å²) in [4.78, 5) is 12.1. The third-order valence-electron chi connectivity index (χ3n) is 5.46. The van der Waals surface area contributed by atoms with Crippen molar-refractivity contribution in [1.29, 1.82) is 5.26 Å². The molecular formula is C24H29N3O. The number of aromatic nitrogens is 1. The van der Waals surface area contributed by atoms with Crippen LogP contribution in [0, 0.1) is 17.2 Å². The number of hydrogen-bond donors (Lipinski definition) is 1. The Hall–Kier alpha value is -2.80. The Bertz CT molecular complexity index is 943. The van der Waals surface area contributed by atoms with Gasteiger partial charge in [-0.3, -0.25) is 4.79 Å². The number of amides is 1. The molecule has 4 nitrogen and oxygen atoms in total. The predicted molar refractivity (Wildman–Crippen MR) is 114 cm³/mol. The van der Waals surface area contributed by atoms with E-state index in [1.54, 1.807) is 0 Å². The van der Waals surface area contributed by atoms with Crippen LogP contribution in [0.5, 0.6) is 0 Å². The van der Waals surface area contributed by atoms with Gasteiger partial charge in [0, 0.05) is 35.1 Å². The first-order chi connectivity index (χ1) is 13.5. The average Bonchev–Trinajstić information content (AvgIpc) is 3.00. The first kappa shape index (κ1) is 19.9. The quantitative estimate of drug-likeness (QED) is 0.565. The second kappa shape index (κ2) is 8.93. The zero-order valence-corrected chi connectivity index (χ0v) is 16.9. The van der Waals surface area contributed by atoms with Crippen LogP contribution in [-0.2, 0) is 24.2 Å². The Morgan fingerprint density at radius 3 is 2.93 bits per heavy atom. The molecule has 0 saturated heterocycles. The van der Waals surface area contributed by atoms with Crippen LogP contribution in [0.25, 0.3) is 10.9 Å². The summed E-state index contributed by atoms with van der Waals surface area (Å²) in [5.41, 5.74) is 4.48. The van der Waals surface area contributed by atoms with Crippen molar-refractivity contribution < 1.29 is 4.79 Å². The van der Waals surface area contributed by atoms with E-state index in [1.165, 1.54) is 16.8 Å². The van der Waals surface area contributed by atoms with E-state index in [4.69, 9.17) is 0 Å². The van der Waals surface area contributed by atoms with Gasteiger partial charge in [0.25, 0.3) is 0 Å². The number of nitrogens with zero attached hydrogens (tertiary/aromatic N) is 2. The molecule has 1 atom stereocenters. The standard InChI is InChI=1S/C24H29N3O/c1-4-5-6-7-8-13-27-22-11-9-18(16-25)14-20(22)21-15-19(10-12-23(21)27)26-24(28)17(2)3/h4,7-9,11,14,17,19H,1,5-6,10,12-13,15H2,2-3H3,(H,26,28)/b8-7+. The number of nitriles is 1. The van der Waals surface area contributed by atoms with Crippen LogP contribution in [0.4, 0.5) is 0 Å². The molecule has 2 aromatic rings. The number of carbonyl (C=O) groups excluding carboxylic acids is 1. The number of hydrogen-bond acceptors (Lipinski definition) is 2. The van der Waals surface area contributed by atoms with Crippen LogP contribution in [-0.4, -0.2) is 16.5 Å². The van der Waals surface area contributed by atoms with Crippen molar-refractivity contribution in [3.05, 3.63) is 59.8 Å². The fraction of sp³-hybridized carbons (Fsp3) is 0.417. The Morgan fingerprint density at radius 1 is 1.39 bits per heavy atom. The number of fused-ring (bicyclic) bond motifs is 3. The second-order valence-electron chi connectivity index (χ2n) is 7.82. The predicted octanol–water partition coefficient (Wildman–Crippen LogP) is 4.66. The molecule has 28 heavy (non-hydrogen) atoms. The zero-order valence-electron chi connectivity index (χ0n) is 16.9. The molecule has 1 aromatic carbocycles. The molecule has 0 fully saturated rings. The molecule has 1 unspecified atom stereocenters. The molecule has 1 amide bonds. The van der Waals surface area contributed by atoms with Gasteiger partial charge in [-0.05, 0) is 55.9 Å². The summed E-state index contributed by atoms with van der Waals surface area (Å²) in [7, 11) is 0. The number of unbranched alkanes of at least 4 members (excludes halogenated alkanes) is 1. The van der Waals surface area contributed by atoms with Gasteiger partial charge >= 0.3 is 0 Å². The van der Waals surface area contributed by atoms with E-state index in [-0.39, 0.29) is 17.9 Å². The molecule has 0 aliphatic heterocycles. The molecule has 0 radical (unpaired) electrons. The van der Waals surface area contributed by atoms with E-state index in [0.29, 0.717) is 5.56 Å². The van der Waals surface area contributed by atoms with Crippen molar-refractivity contribution in [2.24, 2.45) is 5.92 Å². The molecule has 146 valence electrons. The van der Waals surface area contributed by atoms with Gasteiger partial charge in [0.05, 0.1) is 11.6 Å². The summed E-state index contributed by atoms with van der Waals surface area (Å²) in [6.45, 7) is 8.45. The molecule has 3 rings (SSSR count). The van der Waals surface area contributed by atoms with Gasteiger partial charge in [0.15, 0.2) is 0 Å². The highest BCUT2D eigenvalue weighted by molar-refractivity contribution is 5.87. The maximum absolute atomic E-state index is 12.1. The molecule has 1 N–H and O–H groups in total. The molecule has 0 spiro atoms. The summed E-state index contributed by atoms with van der Waals surface area (Å²) in [5, 5.41) is 13.7. The van der Waals surface area contributed by atoms with Crippen LogP contribution in [0.15, 0.2) is 43.0 Å². The molecule has 1 heterocycles. The minimum Gasteiger partial charge on any atom is -0.353 e. The van der Waals surface area contributed by atoms with Gasteiger partial charge in [-0.25, -0.2) is 0 Å². The normalized spacial score (nSPS) is 16.3. The van der Waals surface area contributed by atoms with Gasteiger partial charge < -0.3 is 9.88 Å². The van der Waals surface area contributed by atoms with Crippen molar-refractivity contribution >= 4 is 16.8 Å². The zero-order chi connectivity index (χ0) is 20.1. The van der Waals surface area contributed by atoms with Crippen LogP contribution in [0.3, 0.4) is 0 Å². The Labute approximate surface area is 167 Å². The minimum atomic E-state index is -0.00589. The largest absolute Gasteiger partial charge is 0.353 e. The second-order valence-corrected chi connectivity index (χ2v) is 7.82. The highest BCUT2D eigenvalue weighted by atomic mass is 16.1. The summed E-state index contributed by atoms with van der Waals surface area (Å²) < 4.78 is 2.37. The van der Waals surface area contributed by atoms with Crippen LogP contribution in [0.2, 0.25) is 0 Å². The summed E-state index contributed by atoms with van der Waals surface area (Å²) >= 11 is 0. The Morgan fingerprint density at radius 2 is 2.21 bits per heavy atom. The maximum Gasteiger partial charge on any atom is 0.222 e. The van der Waals surface area contributed by atoms with Gasteiger partial charge in [-0.2, -0.15) is 5.26 Å². The highest BCUT2D eigenvalue weighted by Gasteiger charge is 2.26. The number of allylic oxidation sites excluding steroid dienone is 3. The number of benzene rings is 1. The van der Waals surface area contributed by atoms with Crippen molar-refractivity contribution in [3.63, 3.8) is 0 Å². The van der Waals surface area contributed by atoms with Crippen LogP contribution in [0.1, 0.15) is 49.9 Å². The third kappa shape index (κ3) is 4.20. The topological polar surface area (TPSA) is 57.8 Å². The summed E-state index contributed by atoms with van der Waals surface area (Å²) in [5.74, 6) is 0.105. The molecule has 0 saturated carbocycles. The van der Waals surface area contributed by atoms with Gasteiger partial charge in [0.2, 0.25) is 5.91 Å². The Balaban J connectivity index is 1.93. The lowest BCUT2D eigenvalue weighted by Crippen LogP contribution is -2.40. The monoisotopic (exact) mass is 375 g/mol.